The fourth-order valence-electron chi connectivity index (χ4n) is 4.99. The molecule has 2 N–H and O–H groups in total. The first-order valence-electron chi connectivity index (χ1n) is 11.8. The van der Waals surface area contributed by atoms with Crippen molar-refractivity contribution >= 4 is 11.9 Å². The number of amides is 1. The zero-order chi connectivity index (χ0) is 20.5. The van der Waals surface area contributed by atoms with Crippen molar-refractivity contribution in [2.45, 2.75) is 64.8 Å². The topological polar surface area (TPSA) is 69.2 Å². The van der Waals surface area contributed by atoms with E-state index in [1.165, 1.54) is 32.1 Å². The highest BCUT2D eigenvalue weighted by molar-refractivity contribution is 5.80. The third-order valence-corrected chi connectivity index (χ3v) is 6.68. The molecule has 3 fully saturated rings. The average molecular weight is 408 g/mol. The first-order chi connectivity index (χ1) is 14.1. The Morgan fingerprint density at radius 2 is 1.90 bits per heavy atom. The van der Waals surface area contributed by atoms with Gasteiger partial charge in [-0.25, -0.2) is 0 Å². The van der Waals surface area contributed by atoms with Crippen LogP contribution in [0.3, 0.4) is 0 Å². The van der Waals surface area contributed by atoms with Crippen LogP contribution in [0.15, 0.2) is 4.99 Å². The van der Waals surface area contributed by atoms with Crippen LogP contribution in [0.5, 0.6) is 0 Å². The molecule has 1 saturated carbocycles. The van der Waals surface area contributed by atoms with Gasteiger partial charge in [-0.15, -0.1) is 0 Å². The molecule has 7 nitrogen and oxygen atoms in total. The maximum absolute atomic E-state index is 12.0. The Morgan fingerprint density at radius 1 is 1.14 bits per heavy atom. The highest BCUT2D eigenvalue weighted by Gasteiger charge is 2.34. The molecule has 1 aliphatic carbocycles. The summed E-state index contributed by atoms with van der Waals surface area (Å²) < 4.78 is 5.54. The molecule has 0 radical (unpaired) electrons. The molecule has 0 aromatic rings. The maximum atomic E-state index is 12.0. The van der Waals surface area contributed by atoms with Crippen molar-refractivity contribution in [3.05, 3.63) is 0 Å². The number of nitrogens with zero attached hydrogens (tertiary/aromatic N) is 3. The molecule has 0 spiro atoms. The first-order valence-corrected chi connectivity index (χ1v) is 11.8. The molecule has 2 aliphatic heterocycles. The van der Waals surface area contributed by atoms with Crippen molar-refractivity contribution in [1.29, 1.82) is 0 Å². The number of guanidine groups is 1. The van der Waals surface area contributed by atoms with Crippen molar-refractivity contribution in [2.75, 3.05) is 59.0 Å². The Hall–Kier alpha value is -1.34. The van der Waals surface area contributed by atoms with E-state index in [2.05, 4.69) is 22.5 Å². The normalized spacial score (nSPS) is 25.8. The van der Waals surface area contributed by atoms with Gasteiger partial charge in [-0.3, -0.25) is 14.7 Å². The van der Waals surface area contributed by atoms with Crippen molar-refractivity contribution in [3.8, 4) is 0 Å². The number of ether oxygens (including phenoxy) is 1. The van der Waals surface area contributed by atoms with Crippen LogP contribution in [0.2, 0.25) is 0 Å². The lowest BCUT2D eigenvalue weighted by molar-refractivity contribution is -0.129. The van der Waals surface area contributed by atoms with Gasteiger partial charge in [0.1, 0.15) is 0 Å². The molecular formula is C22H41N5O2. The molecule has 1 atom stereocenters. The van der Waals surface area contributed by atoms with Crippen molar-refractivity contribution in [2.24, 2.45) is 10.4 Å². The van der Waals surface area contributed by atoms with E-state index in [9.17, 15) is 4.79 Å². The number of aliphatic imine (C=N–C) groups is 1. The standard InChI is InChI=1S/C22H41N5O2/c1-3-20(28)27-11-8-19(16-27)25-21(23-4-2)24-17-22(9-6-5-7-10-22)18-26-12-14-29-15-13-26/h19H,3-18H2,1-2H3,(H2,23,24,25). The van der Waals surface area contributed by atoms with Crippen molar-refractivity contribution in [1.82, 2.24) is 20.4 Å². The van der Waals surface area contributed by atoms with Crippen LogP contribution >= 0.6 is 0 Å². The molecule has 3 aliphatic rings. The summed E-state index contributed by atoms with van der Waals surface area (Å²) >= 11 is 0. The second-order valence-corrected chi connectivity index (χ2v) is 8.97. The Labute approximate surface area is 176 Å². The molecule has 166 valence electrons. The number of morpholine rings is 1. The summed E-state index contributed by atoms with van der Waals surface area (Å²) in [6.07, 6.45) is 8.13. The summed E-state index contributed by atoms with van der Waals surface area (Å²) in [6.45, 7) is 12.4. The molecular weight excluding hydrogens is 366 g/mol. The fourth-order valence-corrected chi connectivity index (χ4v) is 4.99. The second kappa shape index (κ2) is 11.2. The number of hydrogen-bond donors (Lipinski definition) is 2. The van der Waals surface area contributed by atoms with Crippen LogP contribution in [-0.2, 0) is 9.53 Å². The molecule has 0 aromatic heterocycles. The Balaban J connectivity index is 1.60. The number of hydrogen-bond acceptors (Lipinski definition) is 4. The van der Waals surface area contributed by atoms with E-state index >= 15 is 0 Å². The SMILES string of the molecule is CCNC(=NCC1(CN2CCOCC2)CCCCC1)NC1CCN(C(=O)CC)C1. The Bertz CT molecular complexity index is 541. The van der Waals surface area contributed by atoms with Gasteiger partial charge < -0.3 is 20.3 Å². The third kappa shape index (κ3) is 6.57. The second-order valence-electron chi connectivity index (χ2n) is 8.97. The van der Waals surface area contributed by atoms with Crippen molar-refractivity contribution in [3.63, 3.8) is 0 Å². The highest BCUT2D eigenvalue weighted by Crippen LogP contribution is 2.37. The lowest BCUT2D eigenvalue weighted by Gasteiger charge is -2.41. The minimum atomic E-state index is 0.253. The number of rotatable bonds is 7. The van der Waals surface area contributed by atoms with E-state index in [-0.39, 0.29) is 11.3 Å². The summed E-state index contributed by atoms with van der Waals surface area (Å²) in [5, 5.41) is 7.03. The molecule has 3 rings (SSSR count). The molecule has 1 unspecified atom stereocenters. The lowest BCUT2D eigenvalue weighted by atomic mass is 9.73. The fraction of sp³-hybridized carbons (Fsp3) is 0.909. The van der Waals surface area contributed by atoms with Gasteiger partial charge in [0.2, 0.25) is 5.91 Å². The summed E-state index contributed by atoms with van der Waals surface area (Å²) in [7, 11) is 0. The van der Waals surface area contributed by atoms with E-state index in [1.807, 2.05) is 11.8 Å². The van der Waals surface area contributed by atoms with Crippen molar-refractivity contribution < 1.29 is 9.53 Å². The van der Waals surface area contributed by atoms with E-state index in [4.69, 9.17) is 9.73 Å². The predicted molar refractivity (Wildman–Crippen MR) is 117 cm³/mol. The average Bonchev–Trinajstić information content (AvgIpc) is 3.22. The maximum Gasteiger partial charge on any atom is 0.222 e. The van der Waals surface area contributed by atoms with Gasteiger partial charge in [0.15, 0.2) is 5.96 Å². The van der Waals surface area contributed by atoms with Crippen LogP contribution in [0.1, 0.15) is 58.8 Å². The predicted octanol–water partition coefficient (Wildman–Crippen LogP) is 1.84. The molecule has 7 heteroatoms. The smallest absolute Gasteiger partial charge is 0.222 e. The van der Waals surface area contributed by atoms with Gasteiger partial charge in [-0.2, -0.15) is 0 Å². The van der Waals surface area contributed by atoms with Gasteiger partial charge in [0, 0.05) is 63.7 Å². The summed E-state index contributed by atoms with van der Waals surface area (Å²) in [5.74, 6) is 1.16. The largest absolute Gasteiger partial charge is 0.379 e. The molecule has 2 saturated heterocycles. The van der Waals surface area contributed by atoms with E-state index in [0.29, 0.717) is 12.5 Å². The number of carbonyl (C=O) groups excluding carboxylic acids is 1. The van der Waals surface area contributed by atoms with E-state index < -0.39 is 0 Å². The van der Waals surface area contributed by atoms with Gasteiger partial charge in [0.05, 0.1) is 13.2 Å². The number of likely N-dealkylation sites (tertiary alicyclic amines) is 1. The van der Waals surface area contributed by atoms with Gasteiger partial charge >= 0.3 is 0 Å². The summed E-state index contributed by atoms with van der Waals surface area (Å²) in [5.41, 5.74) is 0.290. The summed E-state index contributed by atoms with van der Waals surface area (Å²) in [4.78, 5) is 21.6. The zero-order valence-corrected chi connectivity index (χ0v) is 18.5. The lowest BCUT2D eigenvalue weighted by Crippen LogP contribution is -2.48. The Kier molecular flexibility index (Phi) is 8.60. The molecule has 0 aromatic carbocycles. The molecule has 2 heterocycles. The van der Waals surface area contributed by atoms with E-state index in [1.54, 1.807) is 0 Å². The van der Waals surface area contributed by atoms with Gasteiger partial charge in [0.25, 0.3) is 0 Å². The van der Waals surface area contributed by atoms with Crippen LogP contribution in [0.4, 0.5) is 0 Å². The van der Waals surface area contributed by atoms with Crippen LogP contribution in [0.25, 0.3) is 0 Å². The minimum Gasteiger partial charge on any atom is -0.379 e. The zero-order valence-electron chi connectivity index (χ0n) is 18.5. The minimum absolute atomic E-state index is 0.253. The quantitative estimate of drug-likeness (QED) is 0.498. The van der Waals surface area contributed by atoms with Crippen LogP contribution in [-0.4, -0.2) is 86.7 Å². The monoisotopic (exact) mass is 407 g/mol. The summed E-state index contributed by atoms with van der Waals surface area (Å²) in [6, 6.07) is 0.296. The van der Waals surface area contributed by atoms with Gasteiger partial charge in [-0.05, 0) is 26.2 Å². The third-order valence-electron chi connectivity index (χ3n) is 6.68. The molecule has 29 heavy (non-hydrogen) atoms. The first kappa shape index (κ1) is 22.3. The van der Waals surface area contributed by atoms with Gasteiger partial charge in [-0.1, -0.05) is 26.2 Å². The molecule has 1 amide bonds. The van der Waals surface area contributed by atoms with Crippen LogP contribution < -0.4 is 10.6 Å². The Morgan fingerprint density at radius 3 is 2.59 bits per heavy atom. The molecule has 0 bridgehead atoms. The number of nitrogens with one attached hydrogen (secondary N) is 2. The van der Waals surface area contributed by atoms with Crippen LogP contribution in [0, 0.1) is 5.41 Å². The highest BCUT2D eigenvalue weighted by atomic mass is 16.5. The number of carbonyl (C=O) groups is 1. The van der Waals surface area contributed by atoms with E-state index in [0.717, 1.165) is 71.4 Å².